The lowest BCUT2D eigenvalue weighted by atomic mass is 10.1. The fourth-order valence-corrected chi connectivity index (χ4v) is 2.47. The zero-order chi connectivity index (χ0) is 13.8. The lowest BCUT2D eigenvalue weighted by molar-refractivity contribution is 0.465. The van der Waals surface area contributed by atoms with E-state index in [9.17, 15) is 5.11 Å². The molecule has 0 fully saturated rings. The molecule has 0 heterocycles. The third kappa shape index (κ3) is 3.30. The van der Waals surface area contributed by atoms with Crippen LogP contribution in [0.25, 0.3) is 0 Å². The molecule has 0 saturated carbocycles. The highest BCUT2D eigenvalue weighted by Gasteiger charge is 2.06. The smallest absolute Gasteiger partial charge is 0.134 e. The molecule has 0 aliphatic carbocycles. The van der Waals surface area contributed by atoms with Crippen molar-refractivity contribution in [2.75, 3.05) is 5.32 Å². The lowest BCUT2D eigenvalue weighted by Crippen LogP contribution is -2.00. The SMILES string of the molecule is C#Cc1cccc(NCc2cc(C)cc(Br)c2O)c1. The molecule has 0 unspecified atom stereocenters. The van der Waals surface area contributed by atoms with Crippen molar-refractivity contribution in [2.45, 2.75) is 13.5 Å². The Hall–Kier alpha value is -1.92. The Bertz CT molecular complexity index is 644. The molecule has 19 heavy (non-hydrogen) atoms. The number of benzene rings is 2. The minimum Gasteiger partial charge on any atom is -0.506 e. The minimum absolute atomic E-state index is 0.270. The summed E-state index contributed by atoms with van der Waals surface area (Å²) >= 11 is 3.34. The molecule has 0 radical (unpaired) electrons. The fraction of sp³-hybridized carbons (Fsp3) is 0.125. The van der Waals surface area contributed by atoms with Gasteiger partial charge in [0.2, 0.25) is 0 Å². The van der Waals surface area contributed by atoms with Gasteiger partial charge < -0.3 is 10.4 Å². The highest BCUT2D eigenvalue weighted by atomic mass is 79.9. The third-order valence-electron chi connectivity index (χ3n) is 2.80. The Morgan fingerprint density at radius 3 is 2.84 bits per heavy atom. The fourth-order valence-electron chi connectivity index (χ4n) is 1.86. The number of aryl methyl sites for hydroxylation is 1. The quantitative estimate of drug-likeness (QED) is 0.837. The molecule has 2 rings (SSSR count). The largest absolute Gasteiger partial charge is 0.506 e. The number of terminal acetylenes is 1. The standard InChI is InChI=1S/C16H14BrNO/c1-3-12-5-4-6-14(9-12)18-10-13-7-11(2)8-15(17)16(13)19/h1,4-9,18-19H,10H2,2H3. The molecule has 0 amide bonds. The van der Waals surface area contributed by atoms with Crippen molar-refractivity contribution in [3.8, 4) is 18.1 Å². The minimum atomic E-state index is 0.270. The van der Waals surface area contributed by atoms with Gasteiger partial charge in [-0.05, 0) is 52.7 Å². The predicted octanol–water partition coefficient (Wildman–Crippen LogP) is 4.06. The number of hydrogen-bond acceptors (Lipinski definition) is 2. The summed E-state index contributed by atoms with van der Waals surface area (Å²) in [6.45, 7) is 2.53. The van der Waals surface area contributed by atoms with Gasteiger partial charge in [0, 0.05) is 23.4 Å². The number of rotatable bonds is 3. The molecule has 0 aromatic heterocycles. The number of phenols is 1. The van der Waals surface area contributed by atoms with E-state index in [1.165, 1.54) is 0 Å². The Labute approximate surface area is 121 Å². The Morgan fingerprint density at radius 1 is 1.32 bits per heavy atom. The van der Waals surface area contributed by atoms with Crippen LogP contribution in [-0.2, 0) is 6.54 Å². The van der Waals surface area contributed by atoms with E-state index in [0.29, 0.717) is 11.0 Å². The van der Waals surface area contributed by atoms with Crippen LogP contribution in [0.5, 0.6) is 5.75 Å². The van der Waals surface area contributed by atoms with Gasteiger partial charge in [-0.1, -0.05) is 18.1 Å². The molecule has 0 spiro atoms. The zero-order valence-electron chi connectivity index (χ0n) is 10.6. The normalized spacial score (nSPS) is 9.95. The van der Waals surface area contributed by atoms with Crippen LogP contribution in [0, 0.1) is 19.3 Å². The van der Waals surface area contributed by atoms with Crippen molar-refractivity contribution in [2.24, 2.45) is 0 Å². The topological polar surface area (TPSA) is 32.3 Å². The maximum Gasteiger partial charge on any atom is 0.134 e. The van der Waals surface area contributed by atoms with Gasteiger partial charge in [-0.15, -0.1) is 6.42 Å². The van der Waals surface area contributed by atoms with E-state index in [-0.39, 0.29) is 5.75 Å². The van der Waals surface area contributed by atoms with Crippen LogP contribution in [0.3, 0.4) is 0 Å². The van der Waals surface area contributed by atoms with Gasteiger partial charge in [0.25, 0.3) is 0 Å². The van der Waals surface area contributed by atoms with Crippen molar-refractivity contribution >= 4 is 21.6 Å². The van der Waals surface area contributed by atoms with Gasteiger partial charge in [0.1, 0.15) is 5.75 Å². The Morgan fingerprint density at radius 2 is 2.11 bits per heavy atom. The monoisotopic (exact) mass is 315 g/mol. The van der Waals surface area contributed by atoms with Gasteiger partial charge in [-0.25, -0.2) is 0 Å². The average molecular weight is 316 g/mol. The number of aromatic hydroxyl groups is 1. The van der Waals surface area contributed by atoms with Gasteiger partial charge in [0.15, 0.2) is 0 Å². The number of anilines is 1. The van der Waals surface area contributed by atoms with Gasteiger partial charge in [-0.2, -0.15) is 0 Å². The Kier molecular flexibility index (Phi) is 4.13. The van der Waals surface area contributed by atoms with Gasteiger partial charge in [0.05, 0.1) is 4.47 Å². The highest BCUT2D eigenvalue weighted by Crippen LogP contribution is 2.29. The summed E-state index contributed by atoms with van der Waals surface area (Å²) in [4.78, 5) is 0. The summed E-state index contributed by atoms with van der Waals surface area (Å²) < 4.78 is 0.710. The predicted molar refractivity (Wildman–Crippen MR) is 82.2 cm³/mol. The summed E-state index contributed by atoms with van der Waals surface area (Å²) in [5.74, 6) is 2.87. The second-order valence-electron chi connectivity index (χ2n) is 4.33. The van der Waals surface area contributed by atoms with Crippen LogP contribution >= 0.6 is 15.9 Å². The average Bonchev–Trinajstić information content (AvgIpc) is 2.41. The molecule has 0 bridgehead atoms. The first-order chi connectivity index (χ1) is 9.10. The molecular weight excluding hydrogens is 302 g/mol. The third-order valence-corrected chi connectivity index (χ3v) is 3.40. The number of phenolic OH excluding ortho intramolecular Hbond substituents is 1. The molecule has 2 N–H and O–H groups in total. The van der Waals surface area contributed by atoms with E-state index in [0.717, 1.165) is 22.4 Å². The van der Waals surface area contributed by atoms with Crippen molar-refractivity contribution in [3.63, 3.8) is 0 Å². The molecule has 96 valence electrons. The molecule has 0 aliphatic heterocycles. The van der Waals surface area contributed by atoms with E-state index in [2.05, 4.69) is 27.2 Å². The van der Waals surface area contributed by atoms with E-state index in [1.807, 2.05) is 43.3 Å². The van der Waals surface area contributed by atoms with Gasteiger partial charge >= 0.3 is 0 Å². The molecule has 2 aromatic carbocycles. The van der Waals surface area contributed by atoms with Crippen LogP contribution in [0.15, 0.2) is 40.9 Å². The summed E-state index contributed by atoms with van der Waals surface area (Å²) in [7, 11) is 0. The van der Waals surface area contributed by atoms with Crippen LogP contribution < -0.4 is 5.32 Å². The van der Waals surface area contributed by atoms with E-state index in [1.54, 1.807) is 0 Å². The molecule has 0 atom stereocenters. The first-order valence-corrected chi connectivity index (χ1v) is 6.68. The number of halogens is 1. The van der Waals surface area contributed by atoms with Crippen LogP contribution in [0.2, 0.25) is 0 Å². The van der Waals surface area contributed by atoms with E-state index < -0.39 is 0 Å². The first kappa shape index (κ1) is 13.5. The lowest BCUT2D eigenvalue weighted by Gasteiger charge is -2.10. The maximum atomic E-state index is 9.98. The van der Waals surface area contributed by atoms with Crippen molar-refractivity contribution in [1.29, 1.82) is 0 Å². The zero-order valence-corrected chi connectivity index (χ0v) is 12.2. The Balaban J connectivity index is 2.17. The van der Waals surface area contributed by atoms with E-state index >= 15 is 0 Å². The molecule has 2 aromatic rings. The molecule has 0 aliphatic rings. The summed E-state index contributed by atoms with van der Waals surface area (Å²) in [6, 6.07) is 11.5. The van der Waals surface area contributed by atoms with Crippen molar-refractivity contribution in [3.05, 3.63) is 57.6 Å². The maximum absolute atomic E-state index is 9.98. The van der Waals surface area contributed by atoms with E-state index in [4.69, 9.17) is 6.42 Å². The highest BCUT2D eigenvalue weighted by molar-refractivity contribution is 9.10. The molecule has 0 saturated heterocycles. The second-order valence-corrected chi connectivity index (χ2v) is 5.19. The number of hydrogen-bond donors (Lipinski definition) is 2. The van der Waals surface area contributed by atoms with Gasteiger partial charge in [-0.3, -0.25) is 0 Å². The second kappa shape index (κ2) is 5.81. The van der Waals surface area contributed by atoms with Crippen molar-refractivity contribution < 1.29 is 5.11 Å². The van der Waals surface area contributed by atoms with Crippen LogP contribution in [-0.4, -0.2) is 5.11 Å². The van der Waals surface area contributed by atoms with Crippen LogP contribution in [0.4, 0.5) is 5.69 Å². The summed E-state index contributed by atoms with van der Waals surface area (Å²) in [6.07, 6.45) is 5.37. The van der Waals surface area contributed by atoms with Crippen LogP contribution in [0.1, 0.15) is 16.7 Å². The molecular formula is C16H14BrNO. The molecule has 2 nitrogen and oxygen atoms in total. The van der Waals surface area contributed by atoms with Crippen molar-refractivity contribution in [1.82, 2.24) is 0 Å². The molecule has 3 heteroatoms. The summed E-state index contributed by atoms with van der Waals surface area (Å²) in [5.41, 5.74) is 3.71. The number of nitrogens with one attached hydrogen (secondary N) is 1. The summed E-state index contributed by atoms with van der Waals surface area (Å²) in [5, 5.41) is 13.2. The first-order valence-electron chi connectivity index (χ1n) is 5.88.